The standard InChI is InChI=1S/C40H51N9O6S/c1-27-3-5-28(6-4-27)24-42-38-35(49(51)52)21-33(26-44-38)56(53,54)45-39(50)34-8-7-30(20-36(34)55-32-19-29-9-12-41-37(29)43-25-32)47-13-10-40(11-14-47)22-31(23-40)48-17-15-46(2)16-18-48/h7-9,12,19-21,25-28,31H,3-6,10-11,13-18,22-24H2,1-2H3,(H,41,43)(H,42,44)(H,45,50)/t27-,28+. The zero-order chi connectivity index (χ0) is 39.0. The lowest BCUT2D eigenvalue weighted by Gasteiger charge is -2.56. The summed E-state index contributed by atoms with van der Waals surface area (Å²) in [5.41, 5.74) is 1.41. The maximum absolute atomic E-state index is 13.8. The molecule has 0 radical (unpaired) electrons. The van der Waals surface area contributed by atoms with Crippen LogP contribution in [0.4, 0.5) is 17.2 Å². The Morgan fingerprint density at radius 1 is 1.00 bits per heavy atom. The van der Waals surface area contributed by atoms with E-state index in [1.165, 1.54) is 19.0 Å². The summed E-state index contributed by atoms with van der Waals surface area (Å²) in [4.78, 5) is 43.6. The van der Waals surface area contributed by atoms with Gasteiger partial charge in [0.15, 0.2) is 0 Å². The minimum atomic E-state index is -4.57. The average molecular weight is 786 g/mol. The van der Waals surface area contributed by atoms with E-state index in [2.05, 4.69) is 53.7 Å². The van der Waals surface area contributed by atoms with Gasteiger partial charge in [-0.2, -0.15) is 0 Å². The fraction of sp³-hybridized carbons (Fsp3) is 0.525. The number of likely N-dealkylation sites (N-methyl/N-ethyl adjacent to an activating group) is 1. The number of hydrogen-bond donors (Lipinski definition) is 3. The number of hydrogen-bond acceptors (Lipinski definition) is 12. The van der Waals surface area contributed by atoms with Crippen LogP contribution in [0.2, 0.25) is 0 Å². The fourth-order valence-corrected chi connectivity index (χ4v) is 9.91. The molecule has 5 heterocycles. The number of amides is 1. The van der Waals surface area contributed by atoms with Crippen molar-refractivity contribution in [3.05, 3.63) is 70.7 Å². The summed E-state index contributed by atoms with van der Waals surface area (Å²) in [6.07, 6.45) is 13.2. The van der Waals surface area contributed by atoms with Crippen LogP contribution in [0.25, 0.3) is 11.0 Å². The van der Waals surface area contributed by atoms with Gasteiger partial charge in [-0.25, -0.2) is 23.1 Å². The number of H-pyrrole nitrogens is 1. The van der Waals surface area contributed by atoms with Crippen molar-refractivity contribution >= 4 is 44.2 Å². The number of piperidine rings is 1. The molecule has 4 aliphatic rings. The molecule has 2 aliphatic heterocycles. The van der Waals surface area contributed by atoms with Crippen LogP contribution in [0, 0.1) is 27.4 Å². The summed E-state index contributed by atoms with van der Waals surface area (Å²) in [5, 5.41) is 15.9. The van der Waals surface area contributed by atoms with E-state index in [0.29, 0.717) is 41.2 Å². The Hall–Kier alpha value is -4.80. The molecule has 15 nitrogen and oxygen atoms in total. The van der Waals surface area contributed by atoms with Gasteiger partial charge in [0, 0.05) is 81.3 Å². The molecule has 298 valence electrons. The van der Waals surface area contributed by atoms with E-state index in [9.17, 15) is 23.3 Å². The van der Waals surface area contributed by atoms with Gasteiger partial charge in [0.05, 0.1) is 22.9 Å². The molecule has 0 atom stereocenters. The maximum Gasteiger partial charge on any atom is 0.312 e. The number of sulfonamides is 1. The van der Waals surface area contributed by atoms with Crippen molar-refractivity contribution in [1.82, 2.24) is 29.5 Å². The van der Waals surface area contributed by atoms with Crippen LogP contribution in [0.5, 0.6) is 11.5 Å². The highest BCUT2D eigenvalue weighted by atomic mass is 32.2. The van der Waals surface area contributed by atoms with Gasteiger partial charge in [-0.15, -0.1) is 0 Å². The van der Waals surface area contributed by atoms with Crippen molar-refractivity contribution < 1.29 is 22.9 Å². The van der Waals surface area contributed by atoms with Crippen LogP contribution < -0.4 is 19.7 Å². The molecule has 2 saturated heterocycles. The van der Waals surface area contributed by atoms with Gasteiger partial charge in [0.1, 0.15) is 22.0 Å². The molecule has 1 aromatic carbocycles. The number of benzene rings is 1. The zero-order valence-electron chi connectivity index (χ0n) is 32.1. The highest BCUT2D eigenvalue weighted by Crippen LogP contribution is 2.51. The smallest absolute Gasteiger partial charge is 0.312 e. The van der Waals surface area contributed by atoms with Crippen LogP contribution in [0.15, 0.2) is 59.9 Å². The first-order valence-electron chi connectivity index (χ1n) is 19.8. The minimum absolute atomic E-state index is 0.00559. The molecule has 3 aromatic heterocycles. The van der Waals surface area contributed by atoms with Gasteiger partial charge < -0.3 is 24.8 Å². The van der Waals surface area contributed by atoms with Gasteiger partial charge >= 0.3 is 5.69 Å². The number of carbonyl (C=O) groups excluding carboxylic acids is 1. The van der Waals surface area contributed by atoms with Crippen molar-refractivity contribution in [1.29, 1.82) is 0 Å². The van der Waals surface area contributed by atoms with E-state index in [-0.39, 0.29) is 17.1 Å². The molecule has 16 heteroatoms. The second-order valence-electron chi connectivity index (χ2n) is 16.5. The summed E-state index contributed by atoms with van der Waals surface area (Å²) < 4.78 is 35.6. The Morgan fingerprint density at radius 3 is 2.48 bits per heavy atom. The molecule has 3 N–H and O–H groups in total. The molecule has 8 rings (SSSR count). The van der Waals surface area contributed by atoms with Crippen molar-refractivity contribution in [3.8, 4) is 11.5 Å². The van der Waals surface area contributed by atoms with Crippen molar-refractivity contribution in [2.75, 3.05) is 63.1 Å². The second kappa shape index (κ2) is 15.6. The first-order valence-corrected chi connectivity index (χ1v) is 21.3. The first kappa shape index (κ1) is 38.1. The zero-order valence-corrected chi connectivity index (χ0v) is 32.9. The summed E-state index contributed by atoms with van der Waals surface area (Å²) in [6, 6.07) is 10.4. The van der Waals surface area contributed by atoms with Crippen molar-refractivity contribution in [2.24, 2.45) is 17.3 Å². The van der Waals surface area contributed by atoms with Crippen LogP contribution in [-0.4, -0.2) is 103 Å². The third kappa shape index (κ3) is 8.18. The predicted octanol–water partition coefficient (Wildman–Crippen LogP) is 6.01. The molecule has 1 amide bonds. The molecule has 56 heavy (non-hydrogen) atoms. The molecule has 0 bridgehead atoms. The molecular formula is C40H51N9O6S. The first-order chi connectivity index (χ1) is 26.9. The Kier molecular flexibility index (Phi) is 10.6. The number of fused-ring (bicyclic) bond motifs is 1. The number of aromatic nitrogens is 3. The van der Waals surface area contributed by atoms with E-state index in [0.717, 1.165) is 101 Å². The molecule has 0 unspecified atom stereocenters. The Morgan fingerprint density at radius 2 is 1.75 bits per heavy atom. The van der Waals surface area contributed by atoms with E-state index in [1.54, 1.807) is 24.4 Å². The molecule has 2 aliphatic carbocycles. The summed E-state index contributed by atoms with van der Waals surface area (Å²) >= 11 is 0. The third-order valence-corrected chi connectivity index (χ3v) is 14.0. The number of piperazine rings is 1. The van der Waals surface area contributed by atoms with Gasteiger partial charge in [0.25, 0.3) is 15.9 Å². The minimum Gasteiger partial charge on any atom is -0.455 e. The highest BCUT2D eigenvalue weighted by Gasteiger charge is 2.48. The molecular weight excluding hydrogens is 735 g/mol. The second-order valence-corrected chi connectivity index (χ2v) is 18.2. The third-order valence-electron chi connectivity index (χ3n) is 12.7. The van der Waals surface area contributed by atoms with Crippen LogP contribution in [0.3, 0.4) is 0 Å². The summed E-state index contributed by atoms with van der Waals surface area (Å²) in [6.45, 7) is 8.98. The van der Waals surface area contributed by atoms with Crippen LogP contribution >= 0.6 is 0 Å². The number of pyridine rings is 2. The predicted molar refractivity (Wildman–Crippen MR) is 214 cm³/mol. The van der Waals surface area contributed by atoms with Gasteiger partial charge in [0.2, 0.25) is 5.82 Å². The monoisotopic (exact) mass is 785 g/mol. The van der Waals surface area contributed by atoms with Crippen molar-refractivity contribution in [2.45, 2.75) is 69.2 Å². The normalized spacial score (nSPS) is 22.1. The number of carbonyl (C=O) groups is 1. The van der Waals surface area contributed by atoms with Gasteiger partial charge in [-0.1, -0.05) is 19.8 Å². The Bertz CT molecular complexity index is 2180. The maximum atomic E-state index is 13.8. The number of aromatic amines is 1. The Balaban J connectivity index is 0.983. The summed E-state index contributed by atoms with van der Waals surface area (Å²) in [5.74, 6) is 0.605. The average Bonchev–Trinajstić information content (AvgIpc) is 3.65. The van der Waals surface area contributed by atoms with Crippen molar-refractivity contribution in [3.63, 3.8) is 0 Å². The van der Waals surface area contributed by atoms with Gasteiger partial charge in [-0.05, 0) is 87.1 Å². The highest BCUT2D eigenvalue weighted by molar-refractivity contribution is 7.90. The van der Waals surface area contributed by atoms with E-state index in [4.69, 9.17) is 4.74 Å². The largest absolute Gasteiger partial charge is 0.455 e. The topological polar surface area (TPSA) is 179 Å². The van der Waals surface area contributed by atoms with E-state index < -0.39 is 31.4 Å². The number of nitrogens with one attached hydrogen (secondary N) is 3. The molecule has 2 saturated carbocycles. The number of rotatable bonds is 11. The number of anilines is 2. The molecule has 1 spiro atoms. The lowest BCUT2D eigenvalue weighted by molar-refractivity contribution is -0.384. The lowest BCUT2D eigenvalue weighted by atomic mass is 9.60. The quantitative estimate of drug-likeness (QED) is 0.119. The van der Waals surface area contributed by atoms with E-state index in [1.807, 2.05) is 12.1 Å². The number of nitrogens with zero attached hydrogens (tertiary/aromatic N) is 6. The van der Waals surface area contributed by atoms with Gasteiger partial charge in [-0.3, -0.25) is 19.8 Å². The molecule has 4 aromatic rings. The van der Waals surface area contributed by atoms with E-state index >= 15 is 0 Å². The SMILES string of the molecule is CN1CCN(C2CC3(CCN(c4ccc(C(=O)NS(=O)(=O)c5cnc(NC[C@H]6CC[C@@H](C)CC6)c([N+](=O)[O-])c5)c(Oc5cnc6[nH]ccc6c5)c4)CC3)C2)CC1. The molecule has 4 fully saturated rings. The number of ether oxygens (including phenoxy) is 1. The van der Waals surface area contributed by atoms with Crippen LogP contribution in [0.1, 0.15) is 68.6 Å². The number of nitro groups is 1. The van der Waals surface area contributed by atoms with Crippen LogP contribution in [-0.2, 0) is 10.0 Å². The Labute approximate surface area is 327 Å². The summed E-state index contributed by atoms with van der Waals surface area (Å²) in [7, 11) is -2.38. The lowest BCUT2D eigenvalue weighted by Crippen LogP contribution is -2.58. The fourth-order valence-electron chi connectivity index (χ4n) is 8.98.